The largest absolute Gasteiger partial charge is 0.492 e. The lowest BCUT2D eigenvalue weighted by molar-refractivity contribution is -0.138. The van der Waals surface area contributed by atoms with E-state index in [2.05, 4.69) is 42.7 Å². The van der Waals surface area contributed by atoms with Crippen LogP contribution in [0.1, 0.15) is 36.9 Å². The number of carbonyl (C=O) groups is 1. The van der Waals surface area contributed by atoms with Gasteiger partial charge in [0.1, 0.15) is 42.2 Å². The van der Waals surface area contributed by atoms with Gasteiger partial charge in [0.2, 0.25) is 0 Å². The van der Waals surface area contributed by atoms with Gasteiger partial charge in [0.15, 0.2) is 5.82 Å². The zero-order valence-electron chi connectivity index (χ0n) is 24.0. The molecule has 0 bridgehead atoms. The van der Waals surface area contributed by atoms with Crippen LogP contribution in [-0.4, -0.2) is 79.5 Å². The summed E-state index contributed by atoms with van der Waals surface area (Å²) in [6.45, 7) is 3.27. The van der Waals surface area contributed by atoms with E-state index in [1.54, 1.807) is 41.3 Å². The number of ether oxygens (including phenoxy) is 1. The molecular formula is C31H37FN8O3. The molecule has 3 aromatic heterocycles. The number of rotatable bonds is 16. The Labute approximate surface area is 250 Å². The van der Waals surface area contributed by atoms with Crippen molar-refractivity contribution in [1.29, 1.82) is 0 Å². The number of hydrogen-bond donors (Lipinski definition) is 3. The molecule has 3 N–H and O–H groups in total. The number of anilines is 2. The smallest absolute Gasteiger partial charge is 0.326 e. The van der Waals surface area contributed by atoms with Crippen molar-refractivity contribution in [3.05, 3.63) is 84.3 Å². The number of fused-ring (bicyclic) bond motifs is 1. The fraction of sp³-hybridized carbons (Fsp3) is 0.387. The van der Waals surface area contributed by atoms with Crippen LogP contribution in [-0.2, 0) is 17.6 Å². The molecule has 0 spiro atoms. The molecule has 226 valence electrons. The summed E-state index contributed by atoms with van der Waals surface area (Å²) < 4.78 is 20.7. The Morgan fingerprint density at radius 1 is 1.14 bits per heavy atom. The van der Waals surface area contributed by atoms with Crippen molar-refractivity contribution >= 4 is 17.6 Å². The van der Waals surface area contributed by atoms with Gasteiger partial charge in [-0.1, -0.05) is 6.07 Å². The molecule has 12 heteroatoms. The van der Waals surface area contributed by atoms with Crippen LogP contribution in [0.4, 0.5) is 16.0 Å². The molecule has 0 fully saturated rings. The number of benzene rings is 1. The van der Waals surface area contributed by atoms with Gasteiger partial charge < -0.3 is 20.5 Å². The van der Waals surface area contributed by atoms with E-state index >= 15 is 0 Å². The van der Waals surface area contributed by atoms with Gasteiger partial charge in [0.05, 0.1) is 0 Å². The van der Waals surface area contributed by atoms with Crippen molar-refractivity contribution in [1.82, 2.24) is 29.6 Å². The average molecular weight is 589 g/mol. The lowest BCUT2D eigenvalue weighted by Crippen LogP contribution is -2.37. The van der Waals surface area contributed by atoms with E-state index in [9.17, 15) is 14.3 Å². The number of pyridine rings is 1. The van der Waals surface area contributed by atoms with Crippen LogP contribution in [0.5, 0.6) is 5.75 Å². The number of nitrogens with zero attached hydrogens (tertiary/aromatic N) is 6. The first-order valence-electron chi connectivity index (χ1n) is 14.7. The van der Waals surface area contributed by atoms with E-state index in [0.717, 1.165) is 56.7 Å². The highest BCUT2D eigenvalue weighted by atomic mass is 19.1. The van der Waals surface area contributed by atoms with Gasteiger partial charge in [-0.25, -0.2) is 28.8 Å². The third-order valence-electron chi connectivity index (χ3n) is 7.34. The zero-order chi connectivity index (χ0) is 29.9. The summed E-state index contributed by atoms with van der Waals surface area (Å²) in [5, 5.41) is 20.6. The highest BCUT2D eigenvalue weighted by Crippen LogP contribution is 2.20. The van der Waals surface area contributed by atoms with E-state index in [1.807, 2.05) is 0 Å². The highest BCUT2D eigenvalue weighted by molar-refractivity contribution is 5.76. The third-order valence-corrected chi connectivity index (χ3v) is 7.34. The van der Waals surface area contributed by atoms with Crippen LogP contribution in [0.25, 0.3) is 5.82 Å². The second kappa shape index (κ2) is 15.1. The molecule has 43 heavy (non-hydrogen) atoms. The molecule has 0 radical (unpaired) electrons. The standard InChI is InChI=1S/C31H37FN8O3/c32-24-8-11-26(12-9-24)43-20-19-39(16-2-1-6-25-10-7-23-5-3-14-33-30(23)37-25)18-13-27(31(41)42)38-28-21-29(35-22-34-28)40-17-4-15-36-40/h4,7-12,15,17,21-22,27H,1-3,5-6,13-14,16,18-20H2,(H,33,37)(H,41,42)(H,34,35,38)/t27-/m0/s1. The highest BCUT2D eigenvalue weighted by Gasteiger charge is 2.20. The van der Waals surface area contributed by atoms with Crippen LogP contribution in [0.15, 0.2) is 67.3 Å². The van der Waals surface area contributed by atoms with Crippen molar-refractivity contribution in [2.24, 2.45) is 0 Å². The number of carboxylic acid groups (broad SMARTS) is 1. The molecule has 0 unspecified atom stereocenters. The fourth-order valence-electron chi connectivity index (χ4n) is 5.01. The van der Waals surface area contributed by atoms with Crippen molar-refractivity contribution in [2.75, 3.05) is 43.4 Å². The first-order valence-corrected chi connectivity index (χ1v) is 14.7. The van der Waals surface area contributed by atoms with Gasteiger partial charge in [0.25, 0.3) is 0 Å². The molecule has 1 aliphatic rings. The third kappa shape index (κ3) is 8.95. The van der Waals surface area contributed by atoms with Crippen molar-refractivity contribution in [3.8, 4) is 11.6 Å². The molecule has 1 aliphatic heterocycles. The Morgan fingerprint density at radius 3 is 2.84 bits per heavy atom. The first-order chi connectivity index (χ1) is 21.0. The number of nitrogens with one attached hydrogen (secondary N) is 2. The van der Waals surface area contributed by atoms with Crippen LogP contribution >= 0.6 is 0 Å². The molecular weight excluding hydrogens is 551 g/mol. The SMILES string of the molecule is O=C(O)[C@H](CCN(CCCCc1ccc2c(n1)NCCC2)CCOc1ccc(F)cc1)Nc1cc(-n2cccn2)ncn1. The predicted octanol–water partition coefficient (Wildman–Crippen LogP) is 4.21. The second-order valence-corrected chi connectivity index (χ2v) is 10.5. The van der Waals surface area contributed by atoms with E-state index in [1.165, 1.54) is 24.0 Å². The molecule has 11 nitrogen and oxygen atoms in total. The molecule has 0 saturated carbocycles. The molecule has 5 rings (SSSR count). The summed E-state index contributed by atoms with van der Waals surface area (Å²) in [5.74, 6) is 1.27. The molecule has 0 amide bonds. The molecule has 4 aromatic rings. The number of aryl methyl sites for hydroxylation is 2. The molecule has 0 saturated heterocycles. The minimum Gasteiger partial charge on any atom is -0.492 e. The number of carboxylic acids is 1. The van der Waals surface area contributed by atoms with Crippen LogP contribution < -0.4 is 15.4 Å². The Bertz CT molecular complexity index is 1450. The zero-order valence-corrected chi connectivity index (χ0v) is 24.0. The van der Waals surface area contributed by atoms with E-state index in [4.69, 9.17) is 9.72 Å². The first kappa shape index (κ1) is 29.9. The van der Waals surface area contributed by atoms with Gasteiger partial charge in [0, 0.05) is 43.8 Å². The maximum Gasteiger partial charge on any atom is 0.326 e. The quantitative estimate of drug-likeness (QED) is 0.164. The summed E-state index contributed by atoms with van der Waals surface area (Å²) in [6.07, 6.45) is 10.1. The Hall–Kier alpha value is -4.58. The van der Waals surface area contributed by atoms with Crippen molar-refractivity contribution in [3.63, 3.8) is 0 Å². The molecule has 1 aromatic carbocycles. The van der Waals surface area contributed by atoms with Crippen LogP contribution in [0.3, 0.4) is 0 Å². The fourth-order valence-corrected chi connectivity index (χ4v) is 5.01. The summed E-state index contributed by atoms with van der Waals surface area (Å²) in [6, 6.07) is 12.8. The normalized spacial score (nSPS) is 13.3. The monoisotopic (exact) mass is 588 g/mol. The maximum atomic E-state index is 13.3. The van der Waals surface area contributed by atoms with E-state index < -0.39 is 12.0 Å². The minimum absolute atomic E-state index is 0.314. The van der Waals surface area contributed by atoms with Crippen molar-refractivity contribution < 1.29 is 19.0 Å². The predicted molar refractivity (Wildman–Crippen MR) is 161 cm³/mol. The van der Waals surface area contributed by atoms with Gasteiger partial charge >= 0.3 is 5.97 Å². The maximum absolute atomic E-state index is 13.3. The van der Waals surface area contributed by atoms with Crippen molar-refractivity contribution in [2.45, 2.75) is 44.6 Å². The van der Waals surface area contributed by atoms with Gasteiger partial charge in [-0.15, -0.1) is 0 Å². The summed E-state index contributed by atoms with van der Waals surface area (Å²) in [5.41, 5.74) is 2.36. The Kier molecular flexibility index (Phi) is 10.5. The summed E-state index contributed by atoms with van der Waals surface area (Å²) in [4.78, 5) is 27.6. The van der Waals surface area contributed by atoms with Gasteiger partial charge in [-0.3, -0.25) is 4.90 Å². The van der Waals surface area contributed by atoms with E-state index in [-0.39, 0.29) is 5.82 Å². The number of unbranched alkanes of at least 4 members (excludes halogenated alkanes) is 1. The van der Waals surface area contributed by atoms with Gasteiger partial charge in [-0.2, -0.15) is 5.10 Å². The van der Waals surface area contributed by atoms with E-state index in [0.29, 0.717) is 43.5 Å². The number of aliphatic carboxylic acids is 1. The second-order valence-electron chi connectivity index (χ2n) is 10.5. The minimum atomic E-state index is -0.964. The number of aromatic nitrogens is 5. The summed E-state index contributed by atoms with van der Waals surface area (Å²) in [7, 11) is 0. The Balaban J connectivity index is 1.16. The van der Waals surface area contributed by atoms with Gasteiger partial charge in [-0.05, 0) is 87.0 Å². The number of halogens is 1. The Morgan fingerprint density at radius 2 is 2.02 bits per heavy atom. The number of hydrogen-bond acceptors (Lipinski definition) is 9. The molecule has 1 atom stereocenters. The lowest BCUT2D eigenvalue weighted by Gasteiger charge is -2.25. The average Bonchev–Trinajstić information content (AvgIpc) is 3.57. The molecule has 0 aliphatic carbocycles. The topological polar surface area (TPSA) is 130 Å². The molecule has 4 heterocycles. The van der Waals surface area contributed by atoms with Crippen LogP contribution in [0, 0.1) is 5.82 Å². The van der Waals surface area contributed by atoms with Crippen LogP contribution in [0.2, 0.25) is 0 Å². The summed E-state index contributed by atoms with van der Waals surface area (Å²) >= 11 is 0. The lowest BCUT2D eigenvalue weighted by atomic mass is 10.1.